The molecule has 0 saturated carbocycles. The van der Waals surface area contributed by atoms with Crippen LogP contribution < -0.4 is 16.0 Å². The Morgan fingerprint density at radius 3 is 3.06 bits per heavy atom. The quantitative estimate of drug-likeness (QED) is 0.764. The Morgan fingerprint density at radius 2 is 2.38 bits per heavy atom. The van der Waals surface area contributed by atoms with Crippen molar-refractivity contribution in [2.24, 2.45) is 5.73 Å². The van der Waals surface area contributed by atoms with Crippen LogP contribution in [0.2, 0.25) is 0 Å². The highest BCUT2D eigenvalue weighted by Crippen LogP contribution is 2.28. The van der Waals surface area contributed by atoms with Crippen molar-refractivity contribution in [2.75, 3.05) is 23.3 Å². The Bertz CT molecular complexity index is 411. The molecule has 0 unspecified atom stereocenters. The number of amides is 1. The number of anilines is 2. The van der Waals surface area contributed by atoms with E-state index in [-0.39, 0.29) is 11.4 Å². The smallest absolute Gasteiger partial charge is 0.243 e. The van der Waals surface area contributed by atoms with Gasteiger partial charge in [-0.25, -0.2) is 0 Å². The molecule has 0 spiro atoms. The van der Waals surface area contributed by atoms with E-state index in [1.807, 2.05) is 18.7 Å². The molecule has 0 bridgehead atoms. The molecule has 0 aromatic carbocycles. The number of carbonyl (C=O) groups excluding carboxylic acids is 1. The summed E-state index contributed by atoms with van der Waals surface area (Å²) in [5.74, 6) is -0.0112. The number of aromatic nitrogens is 1. The second-order valence-electron chi connectivity index (χ2n) is 4.79. The van der Waals surface area contributed by atoms with E-state index in [1.54, 1.807) is 18.5 Å². The zero-order chi connectivity index (χ0) is 11.8. The number of hydrogen-bond donors (Lipinski definition) is 2. The molecule has 5 nitrogen and oxygen atoms in total. The molecular formula is C11H16N4O. The average molecular weight is 220 g/mol. The summed E-state index contributed by atoms with van der Waals surface area (Å²) < 4.78 is 0. The third-order valence-electron chi connectivity index (χ3n) is 2.35. The average Bonchev–Trinajstić information content (AvgIpc) is 2.14. The van der Waals surface area contributed by atoms with Crippen LogP contribution >= 0.6 is 0 Å². The Kier molecular flexibility index (Phi) is 2.55. The molecule has 2 rings (SSSR count). The number of nitrogens with two attached hydrogens (primary N) is 1. The van der Waals surface area contributed by atoms with Gasteiger partial charge in [0.1, 0.15) is 0 Å². The molecular weight excluding hydrogens is 204 g/mol. The second kappa shape index (κ2) is 3.75. The molecule has 16 heavy (non-hydrogen) atoms. The Balaban J connectivity index is 2.30. The van der Waals surface area contributed by atoms with Crippen LogP contribution in [0.3, 0.4) is 0 Å². The largest absolute Gasteiger partial charge is 0.357 e. The molecule has 1 aliphatic rings. The Labute approximate surface area is 94.6 Å². The van der Waals surface area contributed by atoms with E-state index in [1.165, 1.54) is 0 Å². The van der Waals surface area contributed by atoms with Gasteiger partial charge in [-0.05, 0) is 19.9 Å². The SMILES string of the molecule is CC(C)(N)CN1CC(=O)Nc2ccncc21. The summed E-state index contributed by atoms with van der Waals surface area (Å²) >= 11 is 0. The van der Waals surface area contributed by atoms with Crippen molar-refractivity contribution in [3.63, 3.8) is 0 Å². The number of carbonyl (C=O) groups is 1. The lowest BCUT2D eigenvalue weighted by Crippen LogP contribution is -2.49. The highest BCUT2D eigenvalue weighted by Gasteiger charge is 2.25. The number of nitrogens with zero attached hydrogens (tertiary/aromatic N) is 2. The van der Waals surface area contributed by atoms with E-state index < -0.39 is 0 Å². The van der Waals surface area contributed by atoms with Crippen molar-refractivity contribution in [1.29, 1.82) is 0 Å². The summed E-state index contributed by atoms with van der Waals surface area (Å²) in [4.78, 5) is 17.5. The highest BCUT2D eigenvalue weighted by molar-refractivity contribution is 6.00. The summed E-state index contributed by atoms with van der Waals surface area (Å²) in [5.41, 5.74) is 7.37. The number of nitrogens with one attached hydrogen (secondary N) is 1. The maximum atomic E-state index is 11.5. The molecule has 5 heteroatoms. The number of rotatable bonds is 2. The first-order valence-electron chi connectivity index (χ1n) is 5.23. The molecule has 0 aliphatic carbocycles. The molecule has 1 aromatic rings. The van der Waals surface area contributed by atoms with Crippen LogP contribution in [-0.2, 0) is 4.79 Å². The summed E-state index contributed by atoms with van der Waals surface area (Å²) in [5, 5.41) is 2.81. The summed E-state index contributed by atoms with van der Waals surface area (Å²) in [6.07, 6.45) is 3.41. The van der Waals surface area contributed by atoms with Crippen LogP contribution in [0.1, 0.15) is 13.8 Å². The van der Waals surface area contributed by atoms with Crippen LogP contribution in [0.15, 0.2) is 18.5 Å². The van der Waals surface area contributed by atoms with Gasteiger partial charge in [-0.3, -0.25) is 9.78 Å². The third kappa shape index (κ3) is 2.30. The molecule has 0 atom stereocenters. The third-order valence-corrected chi connectivity index (χ3v) is 2.35. The molecule has 0 fully saturated rings. The fraction of sp³-hybridized carbons (Fsp3) is 0.455. The number of fused-ring (bicyclic) bond motifs is 1. The lowest BCUT2D eigenvalue weighted by Gasteiger charge is -2.34. The molecule has 0 radical (unpaired) electrons. The van der Waals surface area contributed by atoms with Crippen molar-refractivity contribution in [3.8, 4) is 0 Å². The molecule has 1 aromatic heterocycles. The van der Waals surface area contributed by atoms with E-state index in [4.69, 9.17) is 5.73 Å². The van der Waals surface area contributed by atoms with Gasteiger partial charge in [0.15, 0.2) is 0 Å². The first-order valence-corrected chi connectivity index (χ1v) is 5.23. The van der Waals surface area contributed by atoms with Crippen LogP contribution in [0.5, 0.6) is 0 Å². The van der Waals surface area contributed by atoms with E-state index in [9.17, 15) is 4.79 Å². The fourth-order valence-corrected chi connectivity index (χ4v) is 1.83. The number of pyridine rings is 1. The number of hydrogen-bond acceptors (Lipinski definition) is 4. The van der Waals surface area contributed by atoms with Crippen molar-refractivity contribution in [3.05, 3.63) is 18.5 Å². The lowest BCUT2D eigenvalue weighted by atomic mass is 10.1. The topological polar surface area (TPSA) is 71.2 Å². The van der Waals surface area contributed by atoms with Crippen LogP contribution in [0.4, 0.5) is 11.4 Å². The molecule has 1 aliphatic heterocycles. The molecule has 1 amide bonds. The molecule has 2 heterocycles. The molecule has 3 N–H and O–H groups in total. The van der Waals surface area contributed by atoms with Gasteiger partial charge >= 0.3 is 0 Å². The van der Waals surface area contributed by atoms with Crippen molar-refractivity contribution < 1.29 is 4.79 Å². The summed E-state index contributed by atoms with van der Waals surface area (Å²) in [7, 11) is 0. The van der Waals surface area contributed by atoms with Crippen LogP contribution in [0, 0.1) is 0 Å². The van der Waals surface area contributed by atoms with Crippen molar-refractivity contribution in [1.82, 2.24) is 4.98 Å². The van der Waals surface area contributed by atoms with Gasteiger partial charge < -0.3 is 16.0 Å². The van der Waals surface area contributed by atoms with Gasteiger partial charge in [-0.2, -0.15) is 0 Å². The van der Waals surface area contributed by atoms with Crippen molar-refractivity contribution in [2.45, 2.75) is 19.4 Å². The minimum Gasteiger partial charge on any atom is -0.357 e. The standard InChI is InChI=1S/C11H16N4O/c1-11(2,12)7-15-6-10(16)14-8-3-4-13-5-9(8)15/h3-5H,6-7,12H2,1-2H3,(H,14,16). The highest BCUT2D eigenvalue weighted by atomic mass is 16.2. The van der Waals surface area contributed by atoms with Crippen LogP contribution in [0.25, 0.3) is 0 Å². The zero-order valence-electron chi connectivity index (χ0n) is 9.53. The maximum Gasteiger partial charge on any atom is 0.243 e. The predicted octanol–water partition coefficient (Wildman–Crippen LogP) is 0.577. The summed E-state index contributed by atoms with van der Waals surface area (Å²) in [6, 6.07) is 1.79. The van der Waals surface area contributed by atoms with Gasteiger partial charge in [-0.15, -0.1) is 0 Å². The Hall–Kier alpha value is -1.62. The van der Waals surface area contributed by atoms with Gasteiger partial charge in [0.05, 0.1) is 24.1 Å². The first kappa shape index (κ1) is 10.9. The zero-order valence-corrected chi connectivity index (χ0v) is 9.53. The molecule has 86 valence electrons. The monoisotopic (exact) mass is 220 g/mol. The minimum absolute atomic E-state index is 0.0112. The van der Waals surface area contributed by atoms with Gasteiger partial charge in [0.25, 0.3) is 0 Å². The Morgan fingerprint density at radius 1 is 1.62 bits per heavy atom. The van der Waals surface area contributed by atoms with Crippen LogP contribution in [-0.4, -0.2) is 29.5 Å². The van der Waals surface area contributed by atoms with Gasteiger partial charge in [0.2, 0.25) is 5.91 Å². The predicted molar refractivity (Wildman–Crippen MR) is 63.3 cm³/mol. The normalized spacial score (nSPS) is 15.7. The van der Waals surface area contributed by atoms with E-state index in [0.717, 1.165) is 11.4 Å². The minimum atomic E-state index is -0.343. The first-order chi connectivity index (χ1) is 7.46. The fourth-order valence-electron chi connectivity index (χ4n) is 1.83. The van der Waals surface area contributed by atoms with E-state index in [2.05, 4.69) is 10.3 Å². The van der Waals surface area contributed by atoms with Gasteiger partial charge in [0, 0.05) is 18.3 Å². The molecule has 0 saturated heterocycles. The van der Waals surface area contributed by atoms with Gasteiger partial charge in [-0.1, -0.05) is 0 Å². The second-order valence-corrected chi connectivity index (χ2v) is 4.79. The summed E-state index contributed by atoms with van der Waals surface area (Å²) in [6.45, 7) is 4.84. The maximum absolute atomic E-state index is 11.5. The van der Waals surface area contributed by atoms with E-state index in [0.29, 0.717) is 13.1 Å². The van der Waals surface area contributed by atoms with Crippen molar-refractivity contribution >= 4 is 17.3 Å². The van der Waals surface area contributed by atoms with E-state index >= 15 is 0 Å². The lowest BCUT2D eigenvalue weighted by molar-refractivity contribution is -0.115.